The molecule has 0 spiro atoms. The molecular weight excluding hydrogens is 290 g/mol. The summed E-state index contributed by atoms with van der Waals surface area (Å²) in [5.74, 6) is -2.46. The van der Waals surface area contributed by atoms with Gasteiger partial charge in [-0.05, 0) is 12.1 Å². The highest BCUT2D eigenvalue weighted by molar-refractivity contribution is 5.94. The van der Waals surface area contributed by atoms with Gasteiger partial charge in [-0.15, -0.1) is 0 Å². The predicted molar refractivity (Wildman–Crippen MR) is 66.0 cm³/mol. The minimum Gasteiger partial charge on any atom is -0.352 e. The number of hydrogen-bond donors (Lipinski definition) is 2. The molecule has 0 saturated heterocycles. The zero-order valence-corrected chi connectivity index (χ0v) is 10.7. The van der Waals surface area contributed by atoms with Crippen molar-refractivity contribution < 1.29 is 22.4 Å². The number of H-pyrrole nitrogens is 1. The van der Waals surface area contributed by atoms with E-state index in [0.29, 0.717) is 12.5 Å². The smallest absolute Gasteiger partial charge is 0.352 e. The molecule has 1 amide bonds. The van der Waals surface area contributed by atoms with Crippen molar-refractivity contribution >= 4 is 5.91 Å². The molecule has 2 aromatic rings. The first kappa shape index (κ1) is 15.0. The molecule has 0 bridgehead atoms. The van der Waals surface area contributed by atoms with Gasteiger partial charge in [-0.25, -0.2) is 9.37 Å². The van der Waals surface area contributed by atoms with E-state index in [-0.39, 0.29) is 6.54 Å². The summed E-state index contributed by atoms with van der Waals surface area (Å²) in [7, 11) is 0. The summed E-state index contributed by atoms with van der Waals surface area (Å²) < 4.78 is 51.4. The molecule has 1 aromatic heterocycles. The minimum atomic E-state index is -4.84. The highest BCUT2D eigenvalue weighted by atomic mass is 19.4. The average molecular weight is 301 g/mol. The van der Waals surface area contributed by atoms with E-state index >= 15 is 0 Å². The van der Waals surface area contributed by atoms with Crippen LogP contribution >= 0.6 is 0 Å². The van der Waals surface area contributed by atoms with E-state index in [0.717, 1.165) is 17.8 Å². The maximum Gasteiger partial charge on any atom is 0.419 e. The van der Waals surface area contributed by atoms with Gasteiger partial charge in [0, 0.05) is 24.9 Å². The lowest BCUT2D eigenvalue weighted by Crippen LogP contribution is -2.27. The lowest BCUT2D eigenvalue weighted by molar-refractivity contribution is -0.140. The Bertz CT molecular complexity index is 623. The van der Waals surface area contributed by atoms with Gasteiger partial charge in [0.25, 0.3) is 5.91 Å². The lowest BCUT2D eigenvalue weighted by Gasteiger charge is -2.11. The van der Waals surface area contributed by atoms with Crippen LogP contribution in [0.3, 0.4) is 0 Å². The van der Waals surface area contributed by atoms with Gasteiger partial charge in [0.05, 0.1) is 17.5 Å². The second-order valence-electron chi connectivity index (χ2n) is 4.25. The molecule has 2 N–H and O–H groups in total. The fourth-order valence-corrected chi connectivity index (χ4v) is 1.75. The van der Waals surface area contributed by atoms with E-state index in [1.165, 1.54) is 6.33 Å². The SMILES string of the molecule is O=C(NCCc1cnc[nH]1)c1cccc(C(F)(F)F)c1F. The number of nitrogens with zero attached hydrogens (tertiary/aromatic N) is 1. The third-order valence-corrected chi connectivity index (χ3v) is 2.78. The molecule has 0 aliphatic carbocycles. The summed E-state index contributed by atoms with van der Waals surface area (Å²) in [4.78, 5) is 18.3. The Morgan fingerprint density at radius 3 is 2.71 bits per heavy atom. The largest absolute Gasteiger partial charge is 0.419 e. The molecule has 0 radical (unpaired) electrons. The number of nitrogens with one attached hydrogen (secondary N) is 2. The summed E-state index contributed by atoms with van der Waals surface area (Å²) in [6, 6.07) is 2.60. The number of rotatable bonds is 4. The second-order valence-corrected chi connectivity index (χ2v) is 4.25. The van der Waals surface area contributed by atoms with Gasteiger partial charge in [-0.3, -0.25) is 4.79 Å². The van der Waals surface area contributed by atoms with E-state index < -0.39 is 29.0 Å². The molecule has 21 heavy (non-hydrogen) atoms. The first-order valence-corrected chi connectivity index (χ1v) is 6.00. The molecule has 8 heteroatoms. The lowest BCUT2D eigenvalue weighted by atomic mass is 10.1. The number of halogens is 4. The highest BCUT2D eigenvalue weighted by Crippen LogP contribution is 2.32. The molecule has 0 aliphatic rings. The van der Waals surface area contributed by atoms with Crippen LogP contribution in [0.5, 0.6) is 0 Å². The summed E-state index contributed by atoms with van der Waals surface area (Å²) >= 11 is 0. The van der Waals surface area contributed by atoms with Crippen molar-refractivity contribution in [2.75, 3.05) is 6.54 Å². The Balaban J connectivity index is 2.05. The molecule has 112 valence electrons. The second kappa shape index (κ2) is 5.94. The molecule has 4 nitrogen and oxygen atoms in total. The summed E-state index contributed by atoms with van der Waals surface area (Å²) in [6.45, 7) is 0.150. The Morgan fingerprint density at radius 1 is 1.33 bits per heavy atom. The van der Waals surface area contributed by atoms with Crippen molar-refractivity contribution in [3.05, 3.63) is 53.4 Å². The number of amides is 1. The van der Waals surface area contributed by atoms with Crippen LogP contribution in [-0.2, 0) is 12.6 Å². The number of benzene rings is 1. The first-order chi connectivity index (χ1) is 9.89. The van der Waals surface area contributed by atoms with Crippen LogP contribution in [0, 0.1) is 5.82 Å². The van der Waals surface area contributed by atoms with Crippen LogP contribution < -0.4 is 5.32 Å². The molecule has 1 aromatic carbocycles. The fourth-order valence-electron chi connectivity index (χ4n) is 1.75. The number of hydrogen-bond acceptors (Lipinski definition) is 2. The Labute approximate surface area is 117 Å². The zero-order valence-electron chi connectivity index (χ0n) is 10.7. The summed E-state index contributed by atoms with van der Waals surface area (Å²) in [5, 5.41) is 2.36. The van der Waals surface area contributed by atoms with Crippen LogP contribution in [0.4, 0.5) is 17.6 Å². The quantitative estimate of drug-likeness (QED) is 0.853. The van der Waals surface area contributed by atoms with Gasteiger partial charge in [-0.2, -0.15) is 13.2 Å². The molecule has 0 aliphatic heterocycles. The number of carbonyl (C=O) groups excluding carboxylic acids is 1. The van der Waals surface area contributed by atoms with E-state index in [1.807, 2.05) is 0 Å². The van der Waals surface area contributed by atoms with Crippen molar-refractivity contribution in [2.45, 2.75) is 12.6 Å². The third kappa shape index (κ3) is 3.59. The maximum atomic E-state index is 13.7. The third-order valence-electron chi connectivity index (χ3n) is 2.78. The van der Waals surface area contributed by atoms with E-state index in [1.54, 1.807) is 6.20 Å². The van der Waals surface area contributed by atoms with Crippen molar-refractivity contribution in [1.82, 2.24) is 15.3 Å². The zero-order chi connectivity index (χ0) is 15.5. The van der Waals surface area contributed by atoms with Crippen molar-refractivity contribution in [2.24, 2.45) is 0 Å². The topological polar surface area (TPSA) is 57.8 Å². The standard InChI is InChI=1S/C13H11F4N3O/c14-11-9(2-1-3-10(11)13(15,16)17)12(21)19-5-4-8-6-18-7-20-8/h1-3,6-7H,4-5H2,(H,18,20)(H,19,21). The Hall–Kier alpha value is -2.38. The average Bonchev–Trinajstić information content (AvgIpc) is 2.90. The van der Waals surface area contributed by atoms with Gasteiger partial charge in [0.15, 0.2) is 0 Å². The van der Waals surface area contributed by atoms with Gasteiger partial charge in [0.1, 0.15) is 5.82 Å². The maximum absolute atomic E-state index is 13.7. The predicted octanol–water partition coefficient (Wildman–Crippen LogP) is 2.54. The minimum absolute atomic E-state index is 0.150. The number of aromatic amines is 1. The summed E-state index contributed by atoms with van der Waals surface area (Å²) in [5.41, 5.74) is -1.34. The number of imidazole rings is 1. The van der Waals surface area contributed by atoms with Crippen molar-refractivity contribution in [1.29, 1.82) is 0 Å². The van der Waals surface area contributed by atoms with Crippen LogP contribution in [0.15, 0.2) is 30.7 Å². The van der Waals surface area contributed by atoms with Gasteiger partial charge >= 0.3 is 6.18 Å². The highest BCUT2D eigenvalue weighted by Gasteiger charge is 2.35. The molecule has 0 fully saturated rings. The number of aromatic nitrogens is 2. The molecule has 0 atom stereocenters. The van der Waals surface area contributed by atoms with Gasteiger partial charge in [0.2, 0.25) is 0 Å². The fraction of sp³-hybridized carbons (Fsp3) is 0.231. The number of carbonyl (C=O) groups is 1. The van der Waals surface area contributed by atoms with E-state index in [4.69, 9.17) is 0 Å². The van der Waals surface area contributed by atoms with Gasteiger partial charge < -0.3 is 10.3 Å². The molecular formula is C13H11F4N3O. The first-order valence-electron chi connectivity index (χ1n) is 6.00. The molecule has 1 heterocycles. The normalized spacial score (nSPS) is 11.4. The van der Waals surface area contributed by atoms with E-state index in [2.05, 4.69) is 15.3 Å². The molecule has 0 unspecified atom stereocenters. The van der Waals surface area contributed by atoms with Crippen molar-refractivity contribution in [3.63, 3.8) is 0 Å². The molecule has 2 rings (SSSR count). The van der Waals surface area contributed by atoms with Crippen LogP contribution in [0.25, 0.3) is 0 Å². The van der Waals surface area contributed by atoms with Crippen LogP contribution in [0.2, 0.25) is 0 Å². The Morgan fingerprint density at radius 2 is 2.10 bits per heavy atom. The van der Waals surface area contributed by atoms with Crippen molar-refractivity contribution in [3.8, 4) is 0 Å². The monoisotopic (exact) mass is 301 g/mol. The molecule has 0 saturated carbocycles. The van der Waals surface area contributed by atoms with Crippen LogP contribution in [-0.4, -0.2) is 22.4 Å². The van der Waals surface area contributed by atoms with Gasteiger partial charge in [-0.1, -0.05) is 6.07 Å². The van der Waals surface area contributed by atoms with E-state index in [9.17, 15) is 22.4 Å². The summed E-state index contributed by atoms with van der Waals surface area (Å²) in [6.07, 6.45) is -1.41. The number of alkyl halides is 3. The van der Waals surface area contributed by atoms with Crippen LogP contribution in [0.1, 0.15) is 21.6 Å². The Kier molecular flexibility index (Phi) is 4.25.